The molecule has 0 saturated heterocycles. The largest absolute Gasteiger partial charge is 0.493 e. The Morgan fingerprint density at radius 3 is 1.58 bits per heavy atom. The van der Waals surface area contributed by atoms with Gasteiger partial charge in [-0.05, 0) is 138 Å². The first-order chi connectivity index (χ1) is 57.9. The minimum atomic E-state index is -3.66. The lowest BCUT2D eigenvalue weighted by Crippen LogP contribution is -2.57. The Morgan fingerprint density at radius 1 is 0.592 bits per heavy atom. The van der Waals surface area contributed by atoms with Crippen LogP contribution >= 0.6 is 22.7 Å². The van der Waals surface area contributed by atoms with Crippen molar-refractivity contribution in [1.82, 2.24) is 43.9 Å². The Hall–Kier alpha value is -11.5. The fourth-order valence-corrected chi connectivity index (χ4v) is 16.9. The Balaban J connectivity index is 0.000000226. The molecule has 5 aromatic heterocycles. The number of sulfonamides is 1. The van der Waals surface area contributed by atoms with Crippen LogP contribution in [0.5, 0.6) is 5.88 Å². The van der Waals surface area contributed by atoms with Gasteiger partial charge in [-0.15, -0.1) is 10.2 Å². The molecule has 2 N–H and O–H groups in total. The minimum absolute atomic E-state index is 0.0218. The average molecular weight is 1680 g/mol. The second-order valence-corrected chi connectivity index (χ2v) is 33.4. The Morgan fingerprint density at radius 2 is 1.10 bits per heavy atom. The van der Waals surface area contributed by atoms with Gasteiger partial charge in [0.05, 0.1) is 31.7 Å². The molecule has 28 heteroatoms. The first-order valence-electron chi connectivity index (χ1n) is 41.9. The summed E-state index contributed by atoms with van der Waals surface area (Å²) in [7, 11) is -3.66. The number of nitriles is 3. The molecule has 120 heavy (non-hydrogen) atoms. The number of rotatable bonds is 38. The van der Waals surface area contributed by atoms with Crippen LogP contribution in [-0.4, -0.2) is 109 Å². The van der Waals surface area contributed by atoms with Gasteiger partial charge in [0.25, 0.3) is 28.8 Å². The first kappa shape index (κ1) is 94.0. The molecule has 25 nitrogen and oxygen atoms in total. The molecular weight excluding hydrogens is 1570 g/mol. The summed E-state index contributed by atoms with van der Waals surface area (Å²) < 4.78 is 30.5. The van der Waals surface area contributed by atoms with Gasteiger partial charge in [-0.2, -0.15) is 35.4 Å². The summed E-state index contributed by atoms with van der Waals surface area (Å²) in [5.74, 6) is -2.84. The number of pyridine rings is 2. The summed E-state index contributed by atoms with van der Waals surface area (Å²) in [5, 5.41) is 56.0. The monoisotopic (exact) mass is 1680 g/mol. The highest BCUT2D eigenvalue weighted by Crippen LogP contribution is 2.40. The molecule has 2 unspecified atom stereocenters. The highest BCUT2D eigenvalue weighted by molar-refractivity contribution is 7.89. The molecule has 9 aromatic rings. The highest BCUT2D eigenvalue weighted by Gasteiger charge is 2.44. The van der Waals surface area contributed by atoms with Gasteiger partial charge >= 0.3 is 0 Å². The molecule has 0 radical (unpaired) electrons. The number of carbonyl (C=O) groups is 4. The van der Waals surface area contributed by atoms with Crippen molar-refractivity contribution in [2.75, 3.05) is 42.5 Å². The lowest BCUT2D eigenvalue weighted by atomic mass is 9.95. The van der Waals surface area contributed by atoms with Crippen LogP contribution in [0.25, 0.3) is 40.3 Å². The normalized spacial score (nSPS) is 13.2. The molecular formula is C92H112N16O9S3. The third kappa shape index (κ3) is 23.3. The number of benzene rings is 4. The van der Waals surface area contributed by atoms with Crippen LogP contribution in [0, 0.1) is 53.8 Å². The molecule has 4 amide bonds. The molecule has 0 fully saturated rings. The van der Waals surface area contributed by atoms with Gasteiger partial charge in [0.2, 0.25) is 21.8 Å². The summed E-state index contributed by atoms with van der Waals surface area (Å²) in [6, 6.07) is 39.5. The maximum Gasteiger partial charge on any atom is 0.291 e. The van der Waals surface area contributed by atoms with Crippen molar-refractivity contribution in [2.24, 2.45) is 16.1 Å². The number of thiazole rings is 2. The van der Waals surface area contributed by atoms with Crippen LogP contribution < -0.4 is 30.9 Å². The SMILES string of the molecule is CCCCC(CC)CNS(=O)(=O)c1ccc(N=Nc2c(C)c(C#N)c(O)n(CCCC)c2=O)cc1.CCCCC(CC)c1nc2c(=Cc3sc(N(CCCC)CCCC)nc3-c3ccccc3)c(C)c(C#N)c(=O)n2n1.CCCCN(CCCC)c1nc(-c2ccccc2)c(C=C2C(=O)N(N(C(C)=O)C(=O)c3ccccc3)C(=O)C(C#N)=C2C)s1. The lowest BCUT2D eigenvalue weighted by Gasteiger charge is -2.34. The van der Waals surface area contributed by atoms with Crippen molar-refractivity contribution in [3.8, 4) is 46.6 Å². The number of imide groups is 2. The fourth-order valence-electron chi connectivity index (χ4n) is 13.6. The van der Waals surface area contributed by atoms with Gasteiger partial charge in [0, 0.05) is 85.2 Å². The summed E-state index contributed by atoms with van der Waals surface area (Å²) >= 11 is 3.08. The number of unbranched alkanes of at least 4 members (excludes halogenated alkanes) is 7. The molecule has 0 saturated carbocycles. The number of hydrogen-bond donors (Lipinski definition) is 2. The molecule has 2 atom stereocenters. The molecule has 0 aliphatic carbocycles. The number of hydrazine groups is 1. The van der Waals surface area contributed by atoms with Crippen LogP contribution in [0.3, 0.4) is 0 Å². The van der Waals surface area contributed by atoms with Gasteiger partial charge in [0.1, 0.15) is 34.9 Å². The van der Waals surface area contributed by atoms with Crippen LogP contribution in [0.2, 0.25) is 0 Å². The van der Waals surface area contributed by atoms with Gasteiger partial charge in [0.15, 0.2) is 27.4 Å². The molecule has 0 spiro atoms. The smallest absolute Gasteiger partial charge is 0.291 e. The number of nitrogens with one attached hydrogen (secondary N) is 1. The Bertz CT molecular complexity index is 5550. The van der Waals surface area contributed by atoms with E-state index in [-0.39, 0.29) is 67.9 Å². The van der Waals surface area contributed by atoms with E-state index in [0.717, 1.165) is 184 Å². The standard InChI is InChI=1S/C34H35N5O4S.C33H42N6OS.C25H35N5O4S/c1-5-7-19-37(20-8-6-2)34-36-30(25-15-11-9-12-16-25)29(44-34)21-27-23(3)28(22-35)33(43)39(32(27)42)38(24(4)40)31(41)26-17-13-10-14-18-26;1-6-10-16-24(9-4)30-36-31-26(23(5)27(22-34)32(40)39(31)37-30)21-28-29(25-17-14-13-15-18-25)35-33(41-28)38(19-11-7-2)20-12-8-3;1-5-8-10-19(7-3)17-27-35(33,34)21-13-11-20(12-14-21)28-29-23-18(4)22(16-26)24(31)30(25(23)32)15-9-6-2/h9-18,21H,5-8,19-20H2,1-4H3;13-15,17-18,21,24H,6-12,16,19-20H2,1-5H3;11-14,19,27,31H,5-10,15,17H2,1-4H3. The van der Waals surface area contributed by atoms with E-state index in [9.17, 15) is 58.1 Å². The quantitative estimate of drug-likeness (QED) is 0.0206. The number of anilines is 2. The molecule has 1 aliphatic heterocycles. The topological polar surface area (TPSA) is 339 Å². The number of nitrogens with zero attached hydrogens (tertiary/aromatic N) is 15. The number of carbonyl (C=O) groups excluding carboxylic acids is 4. The van der Waals surface area contributed by atoms with E-state index in [4.69, 9.17) is 15.0 Å². The summed E-state index contributed by atoms with van der Waals surface area (Å²) in [6.07, 6.45) is 21.8. The molecule has 0 bridgehead atoms. The van der Waals surface area contributed by atoms with Crippen LogP contribution in [-0.2, 0) is 31.0 Å². The van der Waals surface area contributed by atoms with E-state index in [1.807, 2.05) is 74.5 Å². The maximum atomic E-state index is 14.1. The zero-order valence-corrected chi connectivity index (χ0v) is 73.8. The number of aromatic nitrogens is 6. The number of hydrogen-bond acceptors (Lipinski definition) is 22. The van der Waals surface area contributed by atoms with Crippen molar-refractivity contribution < 1.29 is 32.7 Å². The zero-order chi connectivity index (χ0) is 87.2. The van der Waals surface area contributed by atoms with E-state index in [2.05, 4.69) is 110 Å². The van der Waals surface area contributed by atoms with Crippen molar-refractivity contribution in [1.29, 1.82) is 15.8 Å². The summed E-state index contributed by atoms with van der Waals surface area (Å²) in [6.45, 7) is 29.4. The Labute approximate surface area is 713 Å². The van der Waals surface area contributed by atoms with Crippen LogP contribution in [0.4, 0.5) is 21.6 Å². The molecule has 4 aromatic carbocycles. The highest BCUT2D eigenvalue weighted by atomic mass is 32.2. The van der Waals surface area contributed by atoms with Gasteiger partial charge in [-0.1, -0.05) is 228 Å². The lowest BCUT2D eigenvalue weighted by molar-refractivity contribution is -0.163. The van der Waals surface area contributed by atoms with Crippen molar-refractivity contribution in [2.45, 2.75) is 223 Å². The summed E-state index contributed by atoms with van der Waals surface area (Å²) in [5.41, 5.74) is 4.25. The van der Waals surface area contributed by atoms with Crippen molar-refractivity contribution >= 4 is 95.8 Å². The van der Waals surface area contributed by atoms with E-state index >= 15 is 0 Å². The first-order valence-corrected chi connectivity index (χ1v) is 45.0. The second kappa shape index (κ2) is 46.2. The van der Waals surface area contributed by atoms with Crippen LogP contribution in [0.15, 0.2) is 157 Å². The van der Waals surface area contributed by atoms with Gasteiger partial charge in [-0.25, -0.2) is 28.1 Å². The van der Waals surface area contributed by atoms with Gasteiger partial charge in [-0.3, -0.25) is 33.3 Å². The second-order valence-electron chi connectivity index (χ2n) is 29.6. The van der Waals surface area contributed by atoms with Crippen LogP contribution in [0.1, 0.15) is 246 Å². The predicted molar refractivity (Wildman–Crippen MR) is 476 cm³/mol. The van der Waals surface area contributed by atoms with E-state index in [1.165, 1.54) is 66.1 Å². The van der Waals surface area contributed by atoms with E-state index in [0.29, 0.717) is 62.2 Å². The molecule has 632 valence electrons. The van der Waals surface area contributed by atoms with E-state index < -0.39 is 44.8 Å². The molecule has 1 aliphatic rings. The number of aromatic hydroxyl groups is 1. The third-order valence-electron chi connectivity index (χ3n) is 21.0. The number of azo groups is 1. The van der Waals surface area contributed by atoms with Gasteiger partial charge < -0.3 is 14.9 Å². The number of fused-ring (bicyclic) bond motifs is 1. The van der Waals surface area contributed by atoms with E-state index in [1.54, 1.807) is 35.6 Å². The van der Waals surface area contributed by atoms with Crippen molar-refractivity contribution in [3.05, 3.63) is 201 Å². The zero-order valence-electron chi connectivity index (χ0n) is 71.4. The fraction of sp³-hybridized carbons (Fsp3) is 0.424. The van der Waals surface area contributed by atoms with Crippen molar-refractivity contribution in [3.63, 3.8) is 0 Å². The predicted octanol–water partition coefficient (Wildman–Crippen LogP) is 18.9. The molecule has 6 heterocycles. The minimum Gasteiger partial charge on any atom is -0.493 e. The Kier molecular flexibility index (Phi) is 36.2. The summed E-state index contributed by atoms with van der Waals surface area (Å²) in [4.78, 5) is 102. The average Bonchev–Trinajstić information content (AvgIpc) is 1.57. The maximum absolute atomic E-state index is 14.1. The molecule has 10 rings (SSSR count). The number of amides is 4. The third-order valence-corrected chi connectivity index (χ3v) is 24.5.